The summed E-state index contributed by atoms with van der Waals surface area (Å²) in [5.41, 5.74) is 0.645. The fourth-order valence-electron chi connectivity index (χ4n) is 2.85. The second-order valence-corrected chi connectivity index (χ2v) is 6.51. The fourth-order valence-corrected chi connectivity index (χ4v) is 3.98. The standard InChI is InChI=1S/C16H19FN2O2S.ClH/c1-21-9-11-14-12(17)3-2-4-13(14)22-15(11)16(20)19-10-5-7-18-8-6-10;/h2-4,10,18H,5-9H2,1H3,(H,19,20);1H. The Labute approximate surface area is 144 Å². The second-order valence-electron chi connectivity index (χ2n) is 5.45. The zero-order valence-corrected chi connectivity index (χ0v) is 14.5. The monoisotopic (exact) mass is 358 g/mol. The fraction of sp³-hybridized carbons (Fsp3) is 0.438. The summed E-state index contributed by atoms with van der Waals surface area (Å²) < 4.78 is 20.1. The van der Waals surface area contributed by atoms with E-state index >= 15 is 0 Å². The maximum absolute atomic E-state index is 14.1. The van der Waals surface area contributed by atoms with Crippen molar-refractivity contribution in [2.75, 3.05) is 20.2 Å². The van der Waals surface area contributed by atoms with Gasteiger partial charge in [0.1, 0.15) is 5.82 Å². The summed E-state index contributed by atoms with van der Waals surface area (Å²) in [6.07, 6.45) is 1.84. The first-order valence-electron chi connectivity index (χ1n) is 7.41. The summed E-state index contributed by atoms with van der Waals surface area (Å²) in [4.78, 5) is 13.1. The Bertz CT molecular complexity index is 686. The zero-order valence-electron chi connectivity index (χ0n) is 12.9. The molecule has 2 N–H and O–H groups in total. The van der Waals surface area contributed by atoms with Crippen LogP contribution in [0.2, 0.25) is 0 Å². The normalized spacial score (nSPS) is 15.4. The van der Waals surface area contributed by atoms with Crippen LogP contribution in [0, 0.1) is 5.82 Å². The van der Waals surface area contributed by atoms with Crippen LogP contribution in [0.3, 0.4) is 0 Å². The van der Waals surface area contributed by atoms with Crippen molar-refractivity contribution in [2.45, 2.75) is 25.5 Å². The van der Waals surface area contributed by atoms with Crippen LogP contribution in [0.1, 0.15) is 28.1 Å². The molecule has 126 valence electrons. The van der Waals surface area contributed by atoms with E-state index in [0.29, 0.717) is 15.8 Å². The van der Waals surface area contributed by atoms with E-state index < -0.39 is 0 Å². The summed E-state index contributed by atoms with van der Waals surface area (Å²) >= 11 is 1.33. The van der Waals surface area contributed by atoms with Crippen molar-refractivity contribution >= 4 is 39.7 Å². The van der Waals surface area contributed by atoms with Crippen molar-refractivity contribution in [2.24, 2.45) is 0 Å². The number of halogens is 2. The van der Waals surface area contributed by atoms with Gasteiger partial charge in [0.15, 0.2) is 0 Å². The molecule has 0 saturated carbocycles. The lowest BCUT2D eigenvalue weighted by molar-refractivity contribution is 0.0929. The minimum atomic E-state index is -0.304. The molecule has 4 nitrogen and oxygen atoms in total. The Kier molecular flexibility index (Phi) is 6.35. The molecule has 23 heavy (non-hydrogen) atoms. The number of hydrogen-bond acceptors (Lipinski definition) is 4. The number of nitrogens with one attached hydrogen (secondary N) is 2. The van der Waals surface area contributed by atoms with E-state index in [2.05, 4.69) is 10.6 Å². The van der Waals surface area contributed by atoms with Gasteiger partial charge in [-0.1, -0.05) is 6.07 Å². The summed E-state index contributed by atoms with van der Waals surface area (Å²) in [5, 5.41) is 6.84. The average Bonchev–Trinajstić information content (AvgIpc) is 2.89. The quantitative estimate of drug-likeness (QED) is 0.883. The molecule has 1 aliphatic heterocycles. The molecule has 2 heterocycles. The van der Waals surface area contributed by atoms with Crippen LogP contribution in [0.15, 0.2) is 18.2 Å². The molecule has 2 aromatic rings. The summed E-state index contributed by atoms with van der Waals surface area (Å²) in [7, 11) is 1.55. The van der Waals surface area contributed by atoms with E-state index in [1.807, 2.05) is 6.07 Å². The molecule has 0 spiro atoms. The molecule has 0 atom stereocenters. The topological polar surface area (TPSA) is 50.4 Å². The van der Waals surface area contributed by atoms with Crippen LogP contribution >= 0.6 is 23.7 Å². The Hall–Kier alpha value is -1.21. The predicted octanol–water partition coefficient (Wildman–Crippen LogP) is 3.09. The predicted molar refractivity (Wildman–Crippen MR) is 93.1 cm³/mol. The van der Waals surface area contributed by atoms with Gasteiger partial charge in [-0.15, -0.1) is 23.7 Å². The van der Waals surface area contributed by atoms with Gasteiger partial charge in [-0.25, -0.2) is 4.39 Å². The third kappa shape index (κ3) is 3.83. The summed E-state index contributed by atoms with van der Waals surface area (Å²) in [5.74, 6) is -0.429. The number of carbonyl (C=O) groups is 1. The smallest absolute Gasteiger partial charge is 0.261 e. The van der Waals surface area contributed by atoms with E-state index in [4.69, 9.17) is 4.74 Å². The highest BCUT2D eigenvalue weighted by atomic mass is 35.5. The molecular formula is C16H20ClFN2O2S. The van der Waals surface area contributed by atoms with Gasteiger partial charge >= 0.3 is 0 Å². The first-order valence-corrected chi connectivity index (χ1v) is 8.22. The molecule has 1 saturated heterocycles. The van der Waals surface area contributed by atoms with E-state index in [0.717, 1.165) is 30.6 Å². The molecule has 0 bridgehead atoms. The van der Waals surface area contributed by atoms with Crippen molar-refractivity contribution in [3.05, 3.63) is 34.5 Å². The van der Waals surface area contributed by atoms with Crippen LogP contribution < -0.4 is 10.6 Å². The van der Waals surface area contributed by atoms with Crippen molar-refractivity contribution in [3.8, 4) is 0 Å². The van der Waals surface area contributed by atoms with Gasteiger partial charge in [-0.3, -0.25) is 4.79 Å². The molecule has 0 radical (unpaired) electrons. The first kappa shape index (κ1) is 18.1. The molecule has 1 aromatic heterocycles. The number of benzene rings is 1. The van der Waals surface area contributed by atoms with Crippen LogP contribution in [0.4, 0.5) is 4.39 Å². The highest BCUT2D eigenvalue weighted by Gasteiger charge is 2.23. The van der Waals surface area contributed by atoms with Gasteiger partial charge in [0.05, 0.1) is 11.5 Å². The molecule has 1 fully saturated rings. The van der Waals surface area contributed by atoms with Crippen molar-refractivity contribution in [1.82, 2.24) is 10.6 Å². The SMILES string of the molecule is COCc1c(C(=O)NC2CCNCC2)sc2cccc(F)c12.Cl. The molecule has 3 rings (SSSR count). The lowest BCUT2D eigenvalue weighted by Crippen LogP contribution is -2.42. The molecule has 1 aliphatic rings. The Morgan fingerprint density at radius 2 is 2.17 bits per heavy atom. The maximum atomic E-state index is 14.1. The second kappa shape index (κ2) is 8.06. The summed E-state index contributed by atoms with van der Waals surface area (Å²) in [6, 6.07) is 5.10. The first-order chi connectivity index (χ1) is 10.7. The van der Waals surface area contributed by atoms with Gasteiger partial charge in [0, 0.05) is 28.8 Å². The van der Waals surface area contributed by atoms with Gasteiger partial charge < -0.3 is 15.4 Å². The van der Waals surface area contributed by atoms with E-state index in [-0.39, 0.29) is 36.8 Å². The lowest BCUT2D eigenvalue weighted by Gasteiger charge is -2.23. The van der Waals surface area contributed by atoms with Crippen molar-refractivity contribution in [1.29, 1.82) is 0 Å². The number of methoxy groups -OCH3 is 1. The molecule has 7 heteroatoms. The van der Waals surface area contributed by atoms with Gasteiger partial charge in [0.25, 0.3) is 5.91 Å². The third-order valence-corrected chi connectivity index (χ3v) is 5.13. The Balaban J connectivity index is 0.00000192. The van der Waals surface area contributed by atoms with Gasteiger partial charge in [-0.05, 0) is 38.1 Å². The number of amides is 1. The van der Waals surface area contributed by atoms with Crippen LogP contribution in [0.5, 0.6) is 0 Å². The summed E-state index contributed by atoms with van der Waals surface area (Å²) in [6.45, 7) is 2.06. The third-order valence-electron chi connectivity index (χ3n) is 3.93. The minimum Gasteiger partial charge on any atom is -0.380 e. The largest absolute Gasteiger partial charge is 0.380 e. The number of hydrogen-bond donors (Lipinski definition) is 2. The molecule has 1 amide bonds. The molecule has 0 unspecified atom stereocenters. The Morgan fingerprint density at radius 3 is 2.87 bits per heavy atom. The number of fused-ring (bicyclic) bond motifs is 1. The number of ether oxygens (including phenoxy) is 1. The van der Waals surface area contributed by atoms with Crippen LogP contribution in [-0.2, 0) is 11.3 Å². The zero-order chi connectivity index (χ0) is 15.5. The van der Waals surface area contributed by atoms with E-state index in [9.17, 15) is 9.18 Å². The lowest BCUT2D eigenvalue weighted by atomic mass is 10.1. The number of thiophene rings is 1. The molecular weight excluding hydrogens is 339 g/mol. The average molecular weight is 359 g/mol. The van der Waals surface area contributed by atoms with E-state index in [1.165, 1.54) is 17.4 Å². The van der Waals surface area contributed by atoms with Crippen LogP contribution in [-0.4, -0.2) is 32.1 Å². The highest BCUT2D eigenvalue weighted by molar-refractivity contribution is 7.21. The van der Waals surface area contributed by atoms with Crippen molar-refractivity contribution < 1.29 is 13.9 Å². The van der Waals surface area contributed by atoms with Gasteiger partial charge in [-0.2, -0.15) is 0 Å². The van der Waals surface area contributed by atoms with Crippen molar-refractivity contribution in [3.63, 3.8) is 0 Å². The van der Waals surface area contributed by atoms with Gasteiger partial charge in [0.2, 0.25) is 0 Å². The molecule has 1 aromatic carbocycles. The maximum Gasteiger partial charge on any atom is 0.261 e. The van der Waals surface area contributed by atoms with Crippen LogP contribution in [0.25, 0.3) is 10.1 Å². The minimum absolute atomic E-state index is 0. The molecule has 0 aliphatic carbocycles. The van der Waals surface area contributed by atoms with E-state index in [1.54, 1.807) is 13.2 Å². The number of carbonyl (C=O) groups excluding carboxylic acids is 1. The number of rotatable bonds is 4. The highest BCUT2D eigenvalue weighted by Crippen LogP contribution is 2.33. The number of piperidine rings is 1. The Morgan fingerprint density at radius 1 is 1.43 bits per heavy atom.